The number of aliphatic carboxylic acids is 1. The lowest BCUT2D eigenvalue weighted by Crippen LogP contribution is -2.40. The fourth-order valence-electron chi connectivity index (χ4n) is 1.26. The number of benzene rings is 1. The first-order valence-corrected chi connectivity index (χ1v) is 4.85. The first kappa shape index (κ1) is 11.7. The molecule has 0 spiro atoms. The molecule has 1 aromatic rings. The van der Waals surface area contributed by atoms with Crippen molar-refractivity contribution in [3.8, 4) is 0 Å². The van der Waals surface area contributed by atoms with Crippen LogP contribution in [0.25, 0.3) is 0 Å². The monoisotopic (exact) mass is 208 g/mol. The maximum absolute atomic E-state index is 10.4. The number of hydrogen-bond acceptors (Lipinski definition) is 3. The Balaban J connectivity index is 2.38. The summed E-state index contributed by atoms with van der Waals surface area (Å²) >= 11 is 0. The van der Waals surface area contributed by atoms with Crippen LogP contribution in [0, 0.1) is 6.92 Å². The Kier molecular flexibility index (Phi) is 4.27. The van der Waals surface area contributed by atoms with Crippen molar-refractivity contribution in [2.45, 2.75) is 19.5 Å². The van der Waals surface area contributed by atoms with E-state index in [4.69, 9.17) is 10.8 Å². The van der Waals surface area contributed by atoms with Gasteiger partial charge in [-0.1, -0.05) is 24.3 Å². The van der Waals surface area contributed by atoms with Gasteiger partial charge in [-0.2, -0.15) is 0 Å². The average Bonchev–Trinajstić information content (AvgIpc) is 2.20. The highest BCUT2D eigenvalue weighted by Gasteiger charge is 2.09. The van der Waals surface area contributed by atoms with E-state index in [9.17, 15) is 4.79 Å². The number of carbonyl (C=O) groups is 1. The summed E-state index contributed by atoms with van der Waals surface area (Å²) in [5.74, 6) is -0.979. The lowest BCUT2D eigenvalue weighted by atomic mass is 10.1. The molecule has 0 amide bonds. The third kappa shape index (κ3) is 3.69. The van der Waals surface area contributed by atoms with Crippen LogP contribution in [0.2, 0.25) is 0 Å². The number of carboxylic acids is 1. The summed E-state index contributed by atoms with van der Waals surface area (Å²) in [4.78, 5) is 10.4. The molecule has 1 aromatic carbocycles. The summed E-state index contributed by atoms with van der Waals surface area (Å²) in [6.45, 7) is 2.95. The van der Waals surface area contributed by atoms with Crippen molar-refractivity contribution in [1.29, 1.82) is 0 Å². The summed E-state index contributed by atoms with van der Waals surface area (Å²) in [7, 11) is 0. The van der Waals surface area contributed by atoms with Crippen LogP contribution in [0.5, 0.6) is 0 Å². The van der Waals surface area contributed by atoms with Crippen LogP contribution in [-0.2, 0) is 11.3 Å². The van der Waals surface area contributed by atoms with Gasteiger partial charge in [-0.25, -0.2) is 0 Å². The molecule has 82 valence electrons. The minimum atomic E-state index is -0.979. The highest BCUT2D eigenvalue weighted by Crippen LogP contribution is 2.05. The molecule has 0 aromatic heterocycles. The van der Waals surface area contributed by atoms with E-state index in [1.165, 1.54) is 5.56 Å². The molecule has 4 nitrogen and oxygen atoms in total. The van der Waals surface area contributed by atoms with E-state index in [1.807, 2.05) is 31.2 Å². The minimum Gasteiger partial charge on any atom is -0.480 e. The van der Waals surface area contributed by atoms with Crippen LogP contribution in [0.15, 0.2) is 24.3 Å². The van der Waals surface area contributed by atoms with Gasteiger partial charge in [0.2, 0.25) is 0 Å². The predicted octanol–water partition coefficient (Wildman–Crippen LogP) is 0.497. The summed E-state index contributed by atoms with van der Waals surface area (Å²) < 4.78 is 0. The number of rotatable bonds is 5. The molecule has 4 N–H and O–H groups in total. The van der Waals surface area contributed by atoms with Gasteiger partial charge in [-0.3, -0.25) is 4.79 Å². The number of carboxylic acid groups (broad SMARTS) is 1. The van der Waals surface area contributed by atoms with Crippen LogP contribution >= 0.6 is 0 Å². The molecule has 0 saturated carbocycles. The van der Waals surface area contributed by atoms with Gasteiger partial charge in [0.1, 0.15) is 6.04 Å². The van der Waals surface area contributed by atoms with Crippen LogP contribution in [0.4, 0.5) is 0 Å². The third-order valence-corrected chi connectivity index (χ3v) is 2.26. The Morgan fingerprint density at radius 3 is 2.80 bits per heavy atom. The Morgan fingerprint density at radius 2 is 2.20 bits per heavy atom. The highest BCUT2D eigenvalue weighted by molar-refractivity contribution is 5.73. The summed E-state index contributed by atoms with van der Waals surface area (Å²) in [6, 6.07) is 7.13. The molecule has 1 rings (SSSR count). The van der Waals surface area contributed by atoms with Crippen LogP contribution in [-0.4, -0.2) is 23.7 Å². The van der Waals surface area contributed by atoms with Crippen LogP contribution in [0.3, 0.4) is 0 Å². The second-order valence-electron chi connectivity index (χ2n) is 3.50. The molecule has 4 heteroatoms. The zero-order valence-corrected chi connectivity index (χ0v) is 8.73. The van der Waals surface area contributed by atoms with E-state index >= 15 is 0 Å². The van der Waals surface area contributed by atoms with Gasteiger partial charge in [0.05, 0.1) is 0 Å². The second kappa shape index (κ2) is 5.48. The van der Waals surface area contributed by atoms with E-state index in [0.29, 0.717) is 6.54 Å². The molecular formula is C11H16N2O2. The lowest BCUT2D eigenvalue weighted by Gasteiger charge is -2.09. The normalized spacial score (nSPS) is 12.4. The molecule has 0 aliphatic carbocycles. The average molecular weight is 208 g/mol. The van der Waals surface area contributed by atoms with Gasteiger partial charge in [0, 0.05) is 13.1 Å². The topological polar surface area (TPSA) is 75.3 Å². The molecular weight excluding hydrogens is 192 g/mol. The number of hydrogen-bond donors (Lipinski definition) is 3. The molecule has 1 unspecified atom stereocenters. The van der Waals surface area contributed by atoms with Crippen molar-refractivity contribution in [3.05, 3.63) is 35.4 Å². The van der Waals surface area contributed by atoms with E-state index < -0.39 is 12.0 Å². The Labute approximate surface area is 89.1 Å². The van der Waals surface area contributed by atoms with Gasteiger partial charge in [0.25, 0.3) is 0 Å². The van der Waals surface area contributed by atoms with Crippen molar-refractivity contribution in [3.63, 3.8) is 0 Å². The smallest absolute Gasteiger partial charge is 0.321 e. The largest absolute Gasteiger partial charge is 0.480 e. The Bertz CT molecular complexity index is 339. The molecule has 0 aliphatic rings. The Morgan fingerprint density at radius 1 is 1.53 bits per heavy atom. The molecule has 0 radical (unpaired) electrons. The first-order valence-electron chi connectivity index (χ1n) is 4.85. The maximum Gasteiger partial charge on any atom is 0.321 e. The standard InChI is InChI=1S/C11H16N2O2/c1-8-4-2-3-5-9(8)6-13-7-10(12)11(14)15/h2-5,10,13H,6-7,12H2,1H3,(H,14,15). The van der Waals surface area contributed by atoms with Gasteiger partial charge in [-0.05, 0) is 18.1 Å². The number of nitrogens with two attached hydrogens (primary N) is 1. The van der Waals surface area contributed by atoms with Gasteiger partial charge < -0.3 is 16.2 Å². The fraction of sp³-hybridized carbons (Fsp3) is 0.364. The zero-order valence-electron chi connectivity index (χ0n) is 8.73. The van der Waals surface area contributed by atoms with Gasteiger partial charge in [-0.15, -0.1) is 0 Å². The summed E-state index contributed by atoms with van der Waals surface area (Å²) in [5.41, 5.74) is 7.71. The molecule has 1 atom stereocenters. The lowest BCUT2D eigenvalue weighted by molar-refractivity contribution is -0.138. The third-order valence-electron chi connectivity index (χ3n) is 2.26. The summed E-state index contributed by atoms with van der Waals surface area (Å²) in [5, 5.41) is 11.6. The number of aryl methyl sites for hydroxylation is 1. The van der Waals surface area contributed by atoms with Crippen molar-refractivity contribution in [1.82, 2.24) is 5.32 Å². The highest BCUT2D eigenvalue weighted by atomic mass is 16.4. The van der Waals surface area contributed by atoms with Crippen molar-refractivity contribution >= 4 is 5.97 Å². The predicted molar refractivity (Wildman–Crippen MR) is 58.5 cm³/mol. The fourth-order valence-corrected chi connectivity index (χ4v) is 1.26. The SMILES string of the molecule is Cc1ccccc1CNCC(N)C(=O)O. The molecule has 0 aliphatic heterocycles. The van der Waals surface area contributed by atoms with Gasteiger partial charge >= 0.3 is 5.97 Å². The molecule has 0 heterocycles. The van der Waals surface area contributed by atoms with Crippen molar-refractivity contribution in [2.24, 2.45) is 5.73 Å². The van der Waals surface area contributed by atoms with Crippen molar-refractivity contribution in [2.75, 3.05) is 6.54 Å². The van der Waals surface area contributed by atoms with E-state index in [0.717, 1.165) is 5.56 Å². The molecule has 0 fully saturated rings. The van der Waals surface area contributed by atoms with Crippen molar-refractivity contribution < 1.29 is 9.90 Å². The van der Waals surface area contributed by atoms with E-state index in [1.54, 1.807) is 0 Å². The zero-order chi connectivity index (χ0) is 11.3. The summed E-state index contributed by atoms with van der Waals surface area (Å²) in [6.07, 6.45) is 0. The quantitative estimate of drug-likeness (QED) is 0.658. The second-order valence-corrected chi connectivity index (χ2v) is 3.50. The van der Waals surface area contributed by atoms with E-state index in [-0.39, 0.29) is 6.54 Å². The number of nitrogens with one attached hydrogen (secondary N) is 1. The Hall–Kier alpha value is -1.39. The molecule has 0 saturated heterocycles. The molecule has 15 heavy (non-hydrogen) atoms. The van der Waals surface area contributed by atoms with E-state index in [2.05, 4.69) is 5.32 Å². The van der Waals surface area contributed by atoms with Crippen LogP contribution < -0.4 is 11.1 Å². The molecule has 0 bridgehead atoms. The van der Waals surface area contributed by atoms with Crippen LogP contribution in [0.1, 0.15) is 11.1 Å². The maximum atomic E-state index is 10.4. The first-order chi connectivity index (χ1) is 7.11. The van der Waals surface area contributed by atoms with Gasteiger partial charge in [0.15, 0.2) is 0 Å². The minimum absolute atomic E-state index is 0.281.